The normalized spacial score (nSPS) is 17.8. The van der Waals surface area contributed by atoms with Crippen LogP contribution in [-0.4, -0.2) is 50.1 Å². The lowest BCUT2D eigenvalue weighted by atomic mass is 9.96. The first kappa shape index (κ1) is 22.2. The molecule has 0 spiro atoms. The van der Waals surface area contributed by atoms with E-state index in [1.807, 2.05) is 18.9 Å². The van der Waals surface area contributed by atoms with Crippen LogP contribution in [0.5, 0.6) is 0 Å². The molecular weight excluding hydrogens is 359 g/mol. The third kappa shape index (κ3) is 6.80. The molecule has 1 aliphatic heterocycles. The lowest BCUT2D eigenvalue weighted by Crippen LogP contribution is -2.47. The Labute approximate surface area is 160 Å². The predicted molar refractivity (Wildman–Crippen MR) is 103 cm³/mol. The summed E-state index contributed by atoms with van der Waals surface area (Å²) < 4.78 is 13.1. The average Bonchev–Trinajstić information content (AvgIpc) is 2.60. The van der Waals surface area contributed by atoms with E-state index >= 15 is 0 Å². The minimum absolute atomic E-state index is 0. The molecule has 0 saturated carbocycles. The number of amides is 3. The standard InChI is InChI=1S/C18H27FN4O2.ClH/c1-13(10-20-2)17(24)23-8-4-5-14(12-23)11-21-18(25)22-16-7-3-6-15(19)9-16;/h3,6-7,9,13-14,20H,4-5,8,10-12H2,1-2H3,(H2,21,22,25);1H. The van der Waals surface area contributed by atoms with Gasteiger partial charge in [-0.05, 0) is 44.0 Å². The van der Waals surface area contributed by atoms with Gasteiger partial charge in [0.2, 0.25) is 5.91 Å². The fourth-order valence-corrected chi connectivity index (χ4v) is 3.12. The Morgan fingerprint density at radius 3 is 2.85 bits per heavy atom. The Balaban J connectivity index is 0.00000338. The van der Waals surface area contributed by atoms with Gasteiger partial charge in [0.05, 0.1) is 0 Å². The van der Waals surface area contributed by atoms with E-state index in [-0.39, 0.29) is 36.2 Å². The molecule has 1 aromatic carbocycles. The van der Waals surface area contributed by atoms with Crippen LogP contribution in [0.2, 0.25) is 0 Å². The lowest BCUT2D eigenvalue weighted by Gasteiger charge is -2.34. The molecule has 2 unspecified atom stereocenters. The molecule has 2 rings (SSSR count). The number of likely N-dealkylation sites (tertiary alicyclic amines) is 1. The van der Waals surface area contributed by atoms with Gasteiger partial charge in [0.25, 0.3) is 0 Å². The molecule has 146 valence electrons. The molecule has 3 amide bonds. The number of nitrogens with zero attached hydrogens (tertiary/aromatic N) is 1. The molecule has 3 N–H and O–H groups in total. The van der Waals surface area contributed by atoms with E-state index in [0.29, 0.717) is 25.3 Å². The van der Waals surface area contributed by atoms with Crippen LogP contribution in [0.15, 0.2) is 24.3 Å². The van der Waals surface area contributed by atoms with Crippen molar-refractivity contribution in [3.63, 3.8) is 0 Å². The maximum Gasteiger partial charge on any atom is 0.319 e. The van der Waals surface area contributed by atoms with Gasteiger partial charge in [-0.2, -0.15) is 0 Å². The van der Waals surface area contributed by atoms with Gasteiger partial charge in [-0.3, -0.25) is 4.79 Å². The highest BCUT2D eigenvalue weighted by Gasteiger charge is 2.26. The highest BCUT2D eigenvalue weighted by molar-refractivity contribution is 5.89. The quantitative estimate of drug-likeness (QED) is 0.703. The summed E-state index contributed by atoms with van der Waals surface area (Å²) in [6.07, 6.45) is 1.92. The van der Waals surface area contributed by atoms with Crippen LogP contribution >= 0.6 is 12.4 Å². The van der Waals surface area contributed by atoms with Crippen molar-refractivity contribution in [3.05, 3.63) is 30.1 Å². The fourth-order valence-electron chi connectivity index (χ4n) is 3.12. The number of urea groups is 1. The molecule has 0 aliphatic carbocycles. The Hall–Kier alpha value is -1.86. The summed E-state index contributed by atoms with van der Waals surface area (Å²) in [4.78, 5) is 26.2. The van der Waals surface area contributed by atoms with Crippen LogP contribution < -0.4 is 16.0 Å². The second-order valence-corrected chi connectivity index (χ2v) is 6.60. The monoisotopic (exact) mass is 386 g/mol. The van der Waals surface area contributed by atoms with Gasteiger partial charge >= 0.3 is 6.03 Å². The number of anilines is 1. The van der Waals surface area contributed by atoms with Crippen molar-refractivity contribution in [2.45, 2.75) is 19.8 Å². The summed E-state index contributed by atoms with van der Waals surface area (Å²) >= 11 is 0. The summed E-state index contributed by atoms with van der Waals surface area (Å²) in [5.41, 5.74) is 0.416. The average molecular weight is 387 g/mol. The molecule has 1 fully saturated rings. The van der Waals surface area contributed by atoms with Gasteiger partial charge in [0, 0.05) is 37.8 Å². The Morgan fingerprint density at radius 2 is 2.15 bits per heavy atom. The van der Waals surface area contributed by atoms with Gasteiger partial charge in [-0.1, -0.05) is 13.0 Å². The number of benzene rings is 1. The third-order valence-corrected chi connectivity index (χ3v) is 4.40. The number of piperidine rings is 1. The van der Waals surface area contributed by atoms with Crippen LogP contribution in [0, 0.1) is 17.7 Å². The van der Waals surface area contributed by atoms with E-state index in [9.17, 15) is 14.0 Å². The predicted octanol–water partition coefficient (Wildman–Crippen LogP) is 2.46. The summed E-state index contributed by atoms with van der Waals surface area (Å²) in [6.45, 7) is 4.51. The van der Waals surface area contributed by atoms with Crippen molar-refractivity contribution in [2.75, 3.05) is 38.5 Å². The number of halogens is 2. The third-order valence-electron chi connectivity index (χ3n) is 4.40. The maximum atomic E-state index is 13.1. The Bertz CT molecular complexity index is 602. The lowest BCUT2D eigenvalue weighted by molar-refractivity contribution is -0.136. The van der Waals surface area contributed by atoms with Gasteiger partial charge in [-0.25, -0.2) is 9.18 Å². The molecule has 1 heterocycles. The number of nitrogens with one attached hydrogen (secondary N) is 3. The molecule has 1 aliphatic rings. The molecular formula is C18H28ClFN4O2. The second kappa shape index (κ2) is 11.0. The first-order valence-electron chi connectivity index (χ1n) is 8.73. The molecule has 26 heavy (non-hydrogen) atoms. The van der Waals surface area contributed by atoms with Gasteiger partial charge < -0.3 is 20.9 Å². The number of hydrogen-bond acceptors (Lipinski definition) is 3. The number of rotatable bonds is 6. The van der Waals surface area contributed by atoms with Crippen LogP contribution in [0.1, 0.15) is 19.8 Å². The number of hydrogen-bond donors (Lipinski definition) is 3. The largest absolute Gasteiger partial charge is 0.342 e. The molecule has 1 saturated heterocycles. The van der Waals surface area contributed by atoms with Gasteiger partial charge in [0.15, 0.2) is 0 Å². The Morgan fingerprint density at radius 1 is 1.38 bits per heavy atom. The van der Waals surface area contributed by atoms with E-state index in [1.165, 1.54) is 12.1 Å². The van der Waals surface area contributed by atoms with E-state index < -0.39 is 5.82 Å². The van der Waals surface area contributed by atoms with Crippen molar-refractivity contribution >= 4 is 30.0 Å². The highest BCUT2D eigenvalue weighted by atomic mass is 35.5. The summed E-state index contributed by atoms with van der Waals surface area (Å²) in [5.74, 6) is -0.0519. The number of carbonyl (C=O) groups excluding carboxylic acids is 2. The zero-order chi connectivity index (χ0) is 18.2. The fraction of sp³-hybridized carbons (Fsp3) is 0.556. The van der Waals surface area contributed by atoms with E-state index in [1.54, 1.807) is 12.1 Å². The number of carbonyl (C=O) groups is 2. The SMILES string of the molecule is CNCC(C)C(=O)N1CCCC(CNC(=O)Nc2cccc(F)c2)C1.Cl. The molecule has 2 atom stereocenters. The molecule has 1 aromatic rings. The van der Waals surface area contributed by atoms with Gasteiger partial charge in [-0.15, -0.1) is 12.4 Å². The molecule has 0 radical (unpaired) electrons. The summed E-state index contributed by atoms with van der Waals surface area (Å²) in [5, 5.41) is 8.45. The molecule has 0 aromatic heterocycles. The van der Waals surface area contributed by atoms with E-state index in [2.05, 4.69) is 16.0 Å². The zero-order valence-electron chi connectivity index (χ0n) is 15.3. The maximum absolute atomic E-state index is 13.1. The van der Waals surface area contributed by atoms with Crippen molar-refractivity contribution in [1.82, 2.24) is 15.5 Å². The van der Waals surface area contributed by atoms with Gasteiger partial charge in [0.1, 0.15) is 5.82 Å². The second-order valence-electron chi connectivity index (χ2n) is 6.60. The highest BCUT2D eigenvalue weighted by Crippen LogP contribution is 2.18. The van der Waals surface area contributed by atoms with Crippen LogP contribution in [-0.2, 0) is 4.79 Å². The van der Waals surface area contributed by atoms with E-state index in [4.69, 9.17) is 0 Å². The molecule has 6 nitrogen and oxygen atoms in total. The van der Waals surface area contributed by atoms with Crippen molar-refractivity contribution < 1.29 is 14.0 Å². The van der Waals surface area contributed by atoms with Crippen molar-refractivity contribution in [2.24, 2.45) is 11.8 Å². The first-order valence-corrected chi connectivity index (χ1v) is 8.73. The Kier molecular flexibility index (Phi) is 9.37. The summed E-state index contributed by atoms with van der Waals surface area (Å²) in [6, 6.07) is 5.40. The van der Waals surface area contributed by atoms with E-state index in [0.717, 1.165) is 19.4 Å². The topological polar surface area (TPSA) is 73.5 Å². The first-order chi connectivity index (χ1) is 12.0. The zero-order valence-corrected chi connectivity index (χ0v) is 16.1. The minimum atomic E-state index is -0.394. The van der Waals surface area contributed by atoms with Crippen molar-refractivity contribution in [1.29, 1.82) is 0 Å². The molecule has 0 bridgehead atoms. The summed E-state index contributed by atoms with van der Waals surface area (Å²) in [7, 11) is 1.84. The van der Waals surface area contributed by atoms with Crippen molar-refractivity contribution in [3.8, 4) is 0 Å². The smallest absolute Gasteiger partial charge is 0.319 e. The van der Waals surface area contributed by atoms with Crippen LogP contribution in [0.4, 0.5) is 14.9 Å². The van der Waals surface area contributed by atoms with Crippen LogP contribution in [0.25, 0.3) is 0 Å². The minimum Gasteiger partial charge on any atom is -0.342 e. The molecule has 8 heteroatoms. The van der Waals surface area contributed by atoms with Crippen LogP contribution in [0.3, 0.4) is 0 Å².